The topological polar surface area (TPSA) is 64.9 Å². The first-order chi connectivity index (χ1) is 10.2. The third-order valence-electron chi connectivity index (χ3n) is 6.78. The Morgan fingerprint density at radius 2 is 1.59 bits per heavy atom. The van der Waals surface area contributed by atoms with Gasteiger partial charge in [0.25, 0.3) is 0 Å². The lowest BCUT2D eigenvalue weighted by molar-refractivity contribution is -0.0103. The summed E-state index contributed by atoms with van der Waals surface area (Å²) < 4.78 is 5.67. The van der Waals surface area contributed by atoms with Gasteiger partial charge in [-0.25, -0.2) is 0 Å². The fourth-order valence-electron chi connectivity index (χ4n) is 6.24. The fraction of sp³-hybridized carbons (Fsp3) is 0.882. The first-order valence-corrected chi connectivity index (χ1v) is 8.80. The van der Waals surface area contributed by atoms with E-state index in [2.05, 4.69) is 5.16 Å². The van der Waals surface area contributed by atoms with Crippen LogP contribution in [-0.2, 0) is 5.41 Å². The molecule has 5 saturated carbocycles. The van der Waals surface area contributed by atoms with Crippen molar-refractivity contribution in [1.29, 1.82) is 0 Å². The molecule has 1 heterocycles. The quantitative estimate of drug-likeness (QED) is 0.903. The van der Waals surface area contributed by atoms with Crippen molar-refractivity contribution in [3.05, 3.63) is 11.7 Å². The van der Waals surface area contributed by atoms with Crippen molar-refractivity contribution >= 4 is 12.4 Å². The standard InChI is InChI=1S/C17H25N3O.ClH/c18-14-2-1-13(6-14)15-19-16(20-21-15)17-7-10-3-11(8-17)5-12(4-10)9-17;/h10-14H,1-9,18H2;1H. The molecule has 0 aromatic carbocycles. The van der Waals surface area contributed by atoms with Crippen LogP contribution in [0.15, 0.2) is 4.52 Å². The molecule has 2 atom stereocenters. The van der Waals surface area contributed by atoms with Gasteiger partial charge in [-0.3, -0.25) is 0 Å². The lowest BCUT2D eigenvalue weighted by atomic mass is 9.49. The van der Waals surface area contributed by atoms with Gasteiger partial charge in [-0.2, -0.15) is 4.98 Å². The summed E-state index contributed by atoms with van der Waals surface area (Å²) in [5, 5.41) is 4.45. The summed E-state index contributed by atoms with van der Waals surface area (Å²) in [6.07, 6.45) is 11.5. The van der Waals surface area contributed by atoms with E-state index in [1.807, 2.05) is 0 Å². The van der Waals surface area contributed by atoms with Gasteiger partial charge in [0.05, 0.1) is 0 Å². The van der Waals surface area contributed by atoms with Crippen LogP contribution in [0.1, 0.15) is 75.4 Å². The lowest BCUT2D eigenvalue weighted by Crippen LogP contribution is -2.49. The number of rotatable bonds is 2. The summed E-state index contributed by atoms with van der Waals surface area (Å²) in [7, 11) is 0. The summed E-state index contributed by atoms with van der Waals surface area (Å²) in [5.74, 6) is 5.11. The predicted molar refractivity (Wildman–Crippen MR) is 86.0 cm³/mol. The van der Waals surface area contributed by atoms with Crippen molar-refractivity contribution in [2.45, 2.75) is 75.2 Å². The van der Waals surface area contributed by atoms with E-state index < -0.39 is 0 Å². The van der Waals surface area contributed by atoms with E-state index >= 15 is 0 Å². The molecule has 0 spiro atoms. The molecule has 0 aliphatic heterocycles. The van der Waals surface area contributed by atoms with Crippen LogP contribution in [0.2, 0.25) is 0 Å². The number of nitrogens with zero attached hydrogens (tertiary/aromatic N) is 2. The van der Waals surface area contributed by atoms with Crippen molar-refractivity contribution in [3.8, 4) is 0 Å². The molecular weight excluding hydrogens is 298 g/mol. The van der Waals surface area contributed by atoms with E-state index in [1.54, 1.807) is 0 Å². The van der Waals surface area contributed by atoms with Gasteiger partial charge in [0.15, 0.2) is 5.82 Å². The minimum atomic E-state index is 0. The highest BCUT2D eigenvalue weighted by atomic mass is 35.5. The van der Waals surface area contributed by atoms with Gasteiger partial charge in [0, 0.05) is 17.4 Å². The smallest absolute Gasteiger partial charge is 0.229 e. The SMILES string of the molecule is Cl.NC1CCC(c2nc(C34CC5CC(CC(C5)C3)C4)no2)C1. The van der Waals surface area contributed by atoms with Crippen LogP contribution >= 0.6 is 12.4 Å². The van der Waals surface area contributed by atoms with Crippen molar-refractivity contribution in [2.75, 3.05) is 0 Å². The Balaban J connectivity index is 0.00000125. The highest BCUT2D eigenvalue weighted by Crippen LogP contribution is 2.60. The monoisotopic (exact) mass is 323 g/mol. The van der Waals surface area contributed by atoms with E-state index in [9.17, 15) is 0 Å². The molecule has 1 aromatic heterocycles. The molecule has 1 aromatic rings. The number of hydrogen-bond acceptors (Lipinski definition) is 4. The maximum Gasteiger partial charge on any atom is 0.229 e. The summed E-state index contributed by atoms with van der Waals surface area (Å²) in [5.41, 5.74) is 6.29. The van der Waals surface area contributed by atoms with Crippen molar-refractivity contribution in [1.82, 2.24) is 10.1 Å². The molecule has 6 rings (SSSR count). The molecule has 4 bridgehead atoms. The highest BCUT2D eigenvalue weighted by molar-refractivity contribution is 5.85. The second kappa shape index (κ2) is 5.20. The average molecular weight is 324 g/mol. The molecular formula is C17H26ClN3O. The zero-order valence-corrected chi connectivity index (χ0v) is 13.9. The third-order valence-corrected chi connectivity index (χ3v) is 6.78. The van der Waals surface area contributed by atoms with Gasteiger partial charge >= 0.3 is 0 Å². The van der Waals surface area contributed by atoms with Gasteiger partial charge in [0.2, 0.25) is 5.89 Å². The molecule has 22 heavy (non-hydrogen) atoms. The van der Waals surface area contributed by atoms with Gasteiger partial charge in [-0.1, -0.05) is 5.16 Å². The number of halogens is 1. The Kier molecular flexibility index (Phi) is 3.53. The molecule has 5 aliphatic rings. The summed E-state index contributed by atoms with van der Waals surface area (Å²) >= 11 is 0. The average Bonchev–Trinajstić information content (AvgIpc) is 3.05. The Morgan fingerprint density at radius 3 is 2.14 bits per heavy atom. The summed E-state index contributed by atoms with van der Waals surface area (Å²) in [4.78, 5) is 4.88. The van der Waals surface area contributed by atoms with E-state index in [4.69, 9.17) is 15.2 Å². The maximum atomic E-state index is 6.03. The molecule has 122 valence electrons. The van der Waals surface area contributed by atoms with Crippen molar-refractivity contribution in [3.63, 3.8) is 0 Å². The van der Waals surface area contributed by atoms with Crippen LogP contribution in [0.4, 0.5) is 0 Å². The first kappa shape index (κ1) is 14.9. The Labute approximate surface area is 138 Å². The molecule has 2 unspecified atom stereocenters. The van der Waals surface area contributed by atoms with Gasteiger partial charge < -0.3 is 10.3 Å². The van der Waals surface area contributed by atoms with Crippen LogP contribution in [0.25, 0.3) is 0 Å². The Bertz CT molecular complexity index is 523. The zero-order valence-electron chi connectivity index (χ0n) is 13.0. The fourth-order valence-corrected chi connectivity index (χ4v) is 6.24. The molecule has 5 heteroatoms. The second-order valence-electron chi connectivity index (χ2n) is 8.42. The number of hydrogen-bond donors (Lipinski definition) is 1. The van der Waals surface area contributed by atoms with Crippen molar-refractivity contribution in [2.24, 2.45) is 23.5 Å². The zero-order chi connectivity index (χ0) is 14.0. The lowest BCUT2D eigenvalue weighted by Gasteiger charge is -2.55. The Morgan fingerprint density at radius 1 is 0.955 bits per heavy atom. The summed E-state index contributed by atoms with van der Waals surface area (Å²) in [6.45, 7) is 0. The highest BCUT2D eigenvalue weighted by Gasteiger charge is 2.54. The van der Waals surface area contributed by atoms with E-state index in [0.29, 0.717) is 12.0 Å². The minimum absolute atomic E-state index is 0. The van der Waals surface area contributed by atoms with Crippen LogP contribution < -0.4 is 5.73 Å². The number of aromatic nitrogens is 2. The number of nitrogens with two attached hydrogens (primary N) is 1. The predicted octanol–water partition coefficient (Wildman–Crippen LogP) is 3.55. The molecule has 5 fully saturated rings. The van der Waals surface area contributed by atoms with Gasteiger partial charge in [-0.05, 0) is 75.5 Å². The van der Waals surface area contributed by atoms with Crippen molar-refractivity contribution < 1.29 is 4.52 Å². The first-order valence-electron chi connectivity index (χ1n) is 8.80. The largest absolute Gasteiger partial charge is 0.339 e. The maximum absolute atomic E-state index is 6.03. The normalized spacial score (nSPS) is 46.0. The second-order valence-corrected chi connectivity index (χ2v) is 8.42. The molecule has 0 amide bonds. The van der Waals surface area contributed by atoms with E-state index in [0.717, 1.165) is 48.7 Å². The van der Waals surface area contributed by atoms with Crippen LogP contribution in [-0.4, -0.2) is 16.2 Å². The van der Waals surface area contributed by atoms with Crippen LogP contribution in [0.3, 0.4) is 0 Å². The van der Waals surface area contributed by atoms with Gasteiger partial charge in [-0.15, -0.1) is 12.4 Å². The Hall–Kier alpha value is -0.610. The van der Waals surface area contributed by atoms with Crippen LogP contribution in [0.5, 0.6) is 0 Å². The molecule has 4 nitrogen and oxygen atoms in total. The van der Waals surface area contributed by atoms with Crippen LogP contribution in [0, 0.1) is 17.8 Å². The molecule has 2 N–H and O–H groups in total. The van der Waals surface area contributed by atoms with E-state index in [1.165, 1.54) is 38.5 Å². The van der Waals surface area contributed by atoms with E-state index in [-0.39, 0.29) is 17.8 Å². The minimum Gasteiger partial charge on any atom is -0.339 e. The van der Waals surface area contributed by atoms with Gasteiger partial charge in [0.1, 0.15) is 0 Å². The molecule has 0 saturated heterocycles. The molecule has 5 aliphatic carbocycles. The third kappa shape index (κ3) is 2.22. The molecule has 0 radical (unpaired) electrons. The summed E-state index contributed by atoms with van der Waals surface area (Å²) in [6, 6.07) is 0.324.